The van der Waals surface area contributed by atoms with Crippen LogP contribution in [0, 0.1) is 20.7 Å². The lowest BCUT2D eigenvalue weighted by atomic mass is 9.79. The van der Waals surface area contributed by atoms with Crippen LogP contribution in [0.5, 0.6) is 5.75 Å². The van der Waals surface area contributed by atoms with Gasteiger partial charge in [-0.05, 0) is 152 Å². The zero-order valence-electron chi connectivity index (χ0n) is 46.8. The molecule has 0 saturated carbocycles. The molecule has 0 unspecified atom stereocenters. The molecule has 0 saturated heterocycles. The van der Waals surface area contributed by atoms with E-state index in [1.54, 1.807) is 0 Å². The van der Waals surface area contributed by atoms with Crippen LogP contribution in [0.2, 0.25) is 0 Å². The molecule has 0 spiro atoms. The highest BCUT2D eigenvalue weighted by Crippen LogP contribution is 2.46. The molecule has 0 bridgehead atoms. The second kappa shape index (κ2) is 18.0. The topological polar surface area (TPSA) is 50.9 Å². The summed E-state index contributed by atoms with van der Waals surface area (Å²) in [6.45, 7) is 27.0. The van der Waals surface area contributed by atoms with E-state index in [1.165, 1.54) is 11.1 Å². The number of hydrogen-bond donors (Lipinski definition) is 1. The first-order chi connectivity index (χ1) is 35.0. The minimum Gasteiger partial charge on any atom is -0.507 e. The molecular weight excluding hydrogens is 863 g/mol. The lowest BCUT2D eigenvalue weighted by molar-refractivity contribution is 0.446. The summed E-state index contributed by atoms with van der Waals surface area (Å²) < 4.78 is 26.8. The Bertz CT molecular complexity index is 3520. The van der Waals surface area contributed by atoms with E-state index in [2.05, 4.69) is 215 Å². The van der Waals surface area contributed by atoms with Crippen molar-refractivity contribution in [3.63, 3.8) is 0 Å². The van der Waals surface area contributed by atoms with Crippen molar-refractivity contribution in [1.29, 1.82) is 0 Å². The fraction of sp³-hybridized carbons (Fsp3) is 0.284. The molecule has 360 valence electrons. The molecule has 0 amide bonds. The first kappa shape index (κ1) is 45.1. The number of nitrogens with zero attached hydrogens (tertiary/aromatic N) is 3. The highest BCUT2D eigenvalue weighted by atomic mass is 16.3. The van der Waals surface area contributed by atoms with Gasteiger partial charge < -0.3 is 5.11 Å². The van der Waals surface area contributed by atoms with Gasteiger partial charge in [-0.25, -0.2) is 4.98 Å². The van der Waals surface area contributed by atoms with Gasteiger partial charge in [0, 0.05) is 32.6 Å². The maximum absolute atomic E-state index is 12.6. The number of aryl methyl sites for hydroxylation is 3. The monoisotopic (exact) mass is 937 g/mol. The lowest BCUT2D eigenvalue weighted by Crippen LogP contribution is -2.17. The molecule has 2 aromatic heterocycles. The van der Waals surface area contributed by atoms with Crippen LogP contribution < -0.4 is 0 Å². The third-order valence-electron chi connectivity index (χ3n) is 13.9. The maximum Gasteiger partial charge on any atom is 0.149 e. The summed E-state index contributed by atoms with van der Waals surface area (Å²) in [6, 6.07) is 51.5. The molecule has 2 heterocycles. The van der Waals surface area contributed by atoms with Gasteiger partial charge >= 0.3 is 0 Å². The summed E-state index contributed by atoms with van der Waals surface area (Å²) >= 11 is 0. The van der Waals surface area contributed by atoms with Crippen LogP contribution >= 0.6 is 0 Å². The first-order valence-corrected chi connectivity index (χ1v) is 24.8. The number of aromatic nitrogens is 3. The SMILES string of the molecule is [2H]Cc1cc(C[2H])c(-c2ccc(-c3ccnc(-c4cc(-c5cccc6c5nc(-c5cc(C(C)(C)C)cc(C(C)(C)C)c5O)n6-c5ccc(C(C)(C)C)cc5-c5ccccc5)cc(C(C)(C)C)c4)c3)cc2)c(C[2H])c1. The Morgan fingerprint density at radius 1 is 0.465 bits per heavy atom. The van der Waals surface area contributed by atoms with Crippen molar-refractivity contribution in [1.82, 2.24) is 14.5 Å². The Hall–Kier alpha value is -7.04. The van der Waals surface area contributed by atoms with Crippen LogP contribution in [-0.4, -0.2) is 19.6 Å². The van der Waals surface area contributed by atoms with Gasteiger partial charge in [0.15, 0.2) is 0 Å². The zero-order chi connectivity index (χ0) is 53.1. The van der Waals surface area contributed by atoms with Crippen LogP contribution in [0.25, 0.3) is 83.9 Å². The van der Waals surface area contributed by atoms with Gasteiger partial charge in [0.05, 0.1) is 28.0 Å². The van der Waals surface area contributed by atoms with Crippen molar-refractivity contribution >= 4 is 11.0 Å². The fourth-order valence-corrected chi connectivity index (χ4v) is 9.78. The van der Waals surface area contributed by atoms with E-state index >= 15 is 0 Å². The number of para-hydroxylation sites is 1. The van der Waals surface area contributed by atoms with Gasteiger partial charge in [-0.1, -0.05) is 186 Å². The number of phenolic OH excluding ortho intramolecular Hbond substituents is 1. The Morgan fingerprint density at radius 2 is 1.10 bits per heavy atom. The third-order valence-corrected chi connectivity index (χ3v) is 13.9. The van der Waals surface area contributed by atoms with Gasteiger partial charge in [0.2, 0.25) is 0 Å². The molecular formula is C67H71N3O. The van der Waals surface area contributed by atoms with E-state index in [4.69, 9.17) is 14.1 Å². The summed E-state index contributed by atoms with van der Waals surface area (Å²) in [6.07, 6.45) is 1.88. The largest absolute Gasteiger partial charge is 0.507 e. The van der Waals surface area contributed by atoms with E-state index in [-0.39, 0.29) is 48.1 Å². The highest BCUT2D eigenvalue weighted by Gasteiger charge is 2.30. The normalized spacial score (nSPS) is 13.0. The predicted molar refractivity (Wildman–Crippen MR) is 302 cm³/mol. The lowest BCUT2D eigenvalue weighted by Gasteiger charge is -2.28. The summed E-state index contributed by atoms with van der Waals surface area (Å²) in [7, 11) is 0. The van der Waals surface area contributed by atoms with Crippen molar-refractivity contribution in [3.05, 3.63) is 191 Å². The van der Waals surface area contributed by atoms with E-state index in [0.717, 1.165) is 100 Å². The number of aromatic hydroxyl groups is 1. The molecule has 9 aromatic rings. The zero-order valence-corrected chi connectivity index (χ0v) is 43.8. The number of pyridine rings is 1. The summed E-state index contributed by atoms with van der Waals surface area (Å²) in [5.41, 5.74) is 19.5. The molecule has 9 rings (SSSR count). The fourth-order valence-electron chi connectivity index (χ4n) is 9.78. The summed E-state index contributed by atoms with van der Waals surface area (Å²) in [5, 5.41) is 12.6. The molecule has 0 fully saturated rings. The van der Waals surface area contributed by atoms with E-state index < -0.39 is 0 Å². The molecule has 4 nitrogen and oxygen atoms in total. The van der Waals surface area contributed by atoms with Gasteiger partial charge in [-0.3, -0.25) is 9.55 Å². The number of hydrogen-bond acceptors (Lipinski definition) is 3. The van der Waals surface area contributed by atoms with Crippen molar-refractivity contribution < 1.29 is 9.22 Å². The second-order valence-electron chi connectivity index (χ2n) is 23.6. The predicted octanol–water partition coefficient (Wildman–Crippen LogP) is 18.2. The van der Waals surface area contributed by atoms with Gasteiger partial charge in [-0.2, -0.15) is 0 Å². The molecule has 0 aliphatic carbocycles. The van der Waals surface area contributed by atoms with Crippen LogP contribution in [-0.2, 0) is 21.7 Å². The molecule has 4 heteroatoms. The average Bonchev–Trinajstić information content (AvgIpc) is 3.76. The Labute approximate surface area is 427 Å². The van der Waals surface area contributed by atoms with Crippen molar-refractivity contribution in [3.8, 4) is 78.6 Å². The number of imidazole rings is 1. The minimum absolute atomic E-state index is 0.0899. The molecule has 71 heavy (non-hydrogen) atoms. The van der Waals surface area contributed by atoms with Crippen molar-refractivity contribution in [2.75, 3.05) is 0 Å². The van der Waals surface area contributed by atoms with Crippen LogP contribution in [0.1, 0.15) is 126 Å². The molecule has 0 atom stereocenters. The Morgan fingerprint density at radius 3 is 1.73 bits per heavy atom. The van der Waals surface area contributed by atoms with Crippen LogP contribution in [0.4, 0.5) is 0 Å². The van der Waals surface area contributed by atoms with Gasteiger partial charge in [-0.15, -0.1) is 0 Å². The maximum atomic E-state index is 12.6. The molecule has 7 aromatic carbocycles. The Kier molecular flexibility index (Phi) is 11.4. The average molecular weight is 937 g/mol. The van der Waals surface area contributed by atoms with Gasteiger partial charge in [0.25, 0.3) is 0 Å². The van der Waals surface area contributed by atoms with Crippen molar-refractivity contribution in [2.45, 2.75) is 125 Å². The third kappa shape index (κ3) is 9.62. The molecule has 0 aliphatic heterocycles. The number of benzene rings is 7. The smallest absolute Gasteiger partial charge is 0.149 e. The number of rotatable bonds is 7. The minimum atomic E-state index is -0.348. The summed E-state index contributed by atoms with van der Waals surface area (Å²) in [4.78, 5) is 10.7. The summed E-state index contributed by atoms with van der Waals surface area (Å²) in [5.74, 6) is 0.912. The van der Waals surface area contributed by atoms with Crippen LogP contribution in [0.3, 0.4) is 0 Å². The van der Waals surface area contributed by atoms with Crippen molar-refractivity contribution in [2.24, 2.45) is 0 Å². The van der Waals surface area contributed by atoms with Gasteiger partial charge in [0.1, 0.15) is 11.6 Å². The highest BCUT2D eigenvalue weighted by molar-refractivity contribution is 5.98. The Balaban J connectivity index is 1.26. The van der Waals surface area contributed by atoms with E-state index in [9.17, 15) is 5.11 Å². The quantitative estimate of drug-likeness (QED) is 0.173. The first-order valence-electron chi connectivity index (χ1n) is 27.0. The van der Waals surface area contributed by atoms with Crippen LogP contribution in [0.15, 0.2) is 152 Å². The number of fused-ring (bicyclic) bond motifs is 1. The molecule has 0 aliphatic rings. The molecule has 0 radical (unpaired) electrons. The standard InChI is InChI=1S/C67H71N3O/c1-41-32-42(2)60(43(3)33-41)46-26-24-44(25-27-46)47-30-31-68-57(37-47)49-34-48(35-51(36-49)65(7,8)9)53-22-19-23-59-61(53)69-63(55-39-52(66(10,11)12)40-56(62(55)71)67(13,14)15)70(59)58-29-28-50(64(4,5)6)38-54(58)45-20-17-16-18-21-45/h16-40,71H,1-15H3/i1D,2D,3D. The molecule has 1 N–H and O–H groups in total. The number of phenols is 1. The van der Waals surface area contributed by atoms with E-state index in [1.807, 2.05) is 24.4 Å². The second-order valence-corrected chi connectivity index (χ2v) is 23.6. The van der Waals surface area contributed by atoms with E-state index in [0.29, 0.717) is 11.4 Å².